The highest BCUT2D eigenvalue weighted by Gasteiger charge is 2.28. The minimum absolute atomic E-state index is 0.0623. The summed E-state index contributed by atoms with van der Waals surface area (Å²) in [5.74, 6) is 1.70. The van der Waals surface area contributed by atoms with E-state index in [1.54, 1.807) is 6.20 Å². The molecule has 7 heteroatoms. The van der Waals surface area contributed by atoms with Crippen LogP contribution in [0.15, 0.2) is 18.3 Å². The first-order valence-corrected chi connectivity index (χ1v) is 10.2. The van der Waals surface area contributed by atoms with Crippen LogP contribution in [0.25, 0.3) is 0 Å². The van der Waals surface area contributed by atoms with Crippen LogP contribution in [0.4, 0.5) is 5.82 Å². The molecule has 0 saturated carbocycles. The average Bonchev–Trinajstić information content (AvgIpc) is 3.35. The number of hydrogen-bond acceptors (Lipinski definition) is 5. The maximum absolute atomic E-state index is 12.7. The topological polar surface area (TPSA) is 77.6 Å². The SMILES string of the molecule is O=C1CCCN1CC1CCN(C(=O)c2ccc(N[C@H]3CCNC3)nc2)CC1. The number of carbonyl (C=O) groups is 2. The van der Waals surface area contributed by atoms with Gasteiger partial charge in [-0.2, -0.15) is 0 Å². The molecule has 0 radical (unpaired) electrons. The molecule has 3 aliphatic rings. The van der Waals surface area contributed by atoms with Crippen molar-refractivity contribution in [3.63, 3.8) is 0 Å². The number of rotatable bonds is 5. The lowest BCUT2D eigenvalue weighted by atomic mass is 9.96. The third kappa shape index (κ3) is 4.40. The summed E-state index contributed by atoms with van der Waals surface area (Å²) < 4.78 is 0. The van der Waals surface area contributed by atoms with Gasteiger partial charge in [-0.1, -0.05) is 0 Å². The molecule has 1 aromatic heterocycles. The number of aromatic nitrogens is 1. The number of hydrogen-bond donors (Lipinski definition) is 2. The van der Waals surface area contributed by atoms with Gasteiger partial charge in [0.15, 0.2) is 0 Å². The fraction of sp³-hybridized carbons (Fsp3) is 0.650. The van der Waals surface area contributed by atoms with Crippen molar-refractivity contribution >= 4 is 17.6 Å². The van der Waals surface area contributed by atoms with Gasteiger partial charge in [0.1, 0.15) is 5.82 Å². The van der Waals surface area contributed by atoms with E-state index >= 15 is 0 Å². The van der Waals surface area contributed by atoms with Crippen LogP contribution in [0.3, 0.4) is 0 Å². The third-order valence-corrected chi connectivity index (χ3v) is 5.97. The molecule has 146 valence electrons. The predicted molar refractivity (Wildman–Crippen MR) is 104 cm³/mol. The molecule has 1 aromatic rings. The molecule has 7 nitrogen and oxygen atoms in total. The predicted octanol–water partition coefficient (Wildman–Crippen LogP) is 1.33. The standard InChI is InChI=1S/C20H29N5O2/c26-19-2-1-9-25(19)14-15-6-10-24(11-7-15)20(27)16-3-4-18(22-12-16)23-17-5-8-21-13-17/h3-4,12,15,17,21H,1-2,5-11,13-14H2,(H,22,23)/t17-/m0/s1. The van der Waals surface area contributed by atoms with E-state index in [9.17, 15) is 9.59 Å². The van der Waals surface area contributed by atoms with Crippen LogP contribution in [0.5, 0.6) is 0 Å². The molecule has 3 saturated heterocycles. The fourth-order valence-corrected chi connectivity index (χ4v) is 4.30. The number of piperidine rings is 1. The van der Waals surface area contributed by atoms with Gasteiger partial charge in [0.05, 0.1) is 5.56 Å². The first kappa shape index (κ1) is 18.2. The van der Waals surface area contributed by atoms with E-state index in [0.717, 1.165) is 70.8 Å². The molecule has 3 aliphatic heterocycles. The van der Waals surface area contributed by atoms with Crippen molar-refractivity contribution in [1.29, 1.82) is 0 Å². The number of nitrogens with one attached hydrogen (secondary N) is 2. The average molecular weight is 371 g/mol. The Balaban J connectivity index is 1.26. The van der Waals surface area contributed by atoms with Crippen molar-refractivity contribution in [1.82, 2.24) is 20.1 Å². The summed E-state index contributed by atoms with van der Waals surface area (Å²) in [6, 6.07) is 4.19. The van der Waals surface area contributed by atoms with Gasteiger partial charge in [0, 0.05) is 51.4 Å². The Kier molecular flexibility index (Phi) is 5.57. The molecule has 0 unspecified atom stereocenters. The van der Waals surface area contributed by atoms with Crippen LogP contribution in [0.1, 0.15) is 42.5 Å². The largest absolute Gasteiger partial charge is 0.366 e. The molecule has 4 rings (SSSR count). The quantitative estimate of drug-likeness (QED) is 0.817. The molecule has 0 bridgehead atoms. The van der Waals surface area contributed by atoms with Crippen LogP contribution in [0, 0.1) is 5.92 Å². The summed E-state index contributed by atoms with van der Waals surface area (Å²) in [5.41, 5.74) is 0.651. The Bertz CT molecular complexity index is 663. The molecule has 1 atom stereocenters. The van der Waals surface area contributed by atoms with Gasteiger partial charge in [-0.15, -0.1) is 0 Å². The van der Waals surface area contributed by atoms with Crippen molar-refractivity contribution in [2.75, 3.05) is 44.6 Å². The summed E-state index contributed by atoms with van der Waals surface area (Å²) in [5, 5.41) is 6.72. The fourth-order valence-electron chi connectivity index (χ4n) is 4.30. The van der Waals surface area contributed by atoms with Gasteiger partial charge < -0.3 is 20.4 Å². The van der Waals surface area contributed by atoms with Crippen molar-refractivity contribution in [3.8, 4) is 0 Å². The third-order valence-electron chi connectivity index (χ3n) is 5.97. The van der Waals surface area contributed by atoms with E-state index in [1.165, 1.54) is 0 Å². The Morgan fingerprint density at radius 3 is 2.70 bits per heavy atom. The van der Waals surface area contributed by atoms with Crippen molar-refractivity contribution in [2.45, 2.75) is 38.1 Å². The van der Waals surface area contributed by atoms with E-state index in [1.807, 2.05) is 21.9 Å². The van der Waals surface area contributed by atoms with Gasteiger partial charge >= 0.3 is 0 Å². The summed E-state index contributed by atoms with van der Waals surface area (Å²) in [6.45, 7) is 5.29. The first-order valence-electron chi connectivity index (χ1n) is 10.2. The Morgan fingerprint density at radius 2 is 2.07 bits per heavy atom. The molecule has 0 aliphatic carbocycles. The molecule has 3 fully saturated rings. The first-order chi connectivity index (χ1) is 13.2. The minimum Gasteiger partial charge on any atom is -0.366 e. The Hall–Kier alpha value is -2.15. The lowest BCUT2D eigenvalue weighted by Crippen LogP contribution is -2.41. The highest BCUT2D eigenvalue weighted by atomic mass is 16.2. The second-order valence-electron chi connectivity index (χ2n) is 7.95. The second kappa shape index (κ2) is 8.25. The van der Waals surface area contributed by atoms with E-state index in [4.69, 9.17) is 0 Å². The number of likely N-dealkylation sites (tertiary alicyclic amines) is 2. The van der Waals surface area contributed by atoms with Crippen LogP contribution in [-0.4, -0.2) is 71.9 Å². The van der Waals surface area contributed by atoms with Gasteiger partial charge in [0.2, 0.25) is 5.91 Å². The molecular weight excluding hydrogens is 342 g/mol. The second-order valence-corrected chi connectivity index (χ2v) is 7.95. The van der Waals surface area contributed by atoms with Crippen LogP contribution in [-0.2, 0) is 4.79 Å². The molecule has 2 N–H and O–H groups in total. The van der Waals surface area contributed by atoms with Crippen molar-refractivity contribution in [2.24, 2.45) is 5.92 Å². The van der Waals surface area contributed by atoms with E-state index in [2.05, 4.69) is 15.6 Å². The minimum atomic E-state index is 0.0623. The van der Waals surface area contributed by atoms with Crippen LogP contribution in [0.2, 0.25) is 0 Å². The van der Waals surface area contributed by atoms with Gasteiger partial charge in [0.25, 0.3) is 5.91 Å². The lowest BCUT2D eigenvalue weighted by molar-refractivity contribution is -0.128. The van der Waals surface area contributed by atoms with Crippen molar-refractivity contribution in [3.05, 3.63) is 23.9 Å². The summed E-state index contributed by atoms with van der Waals surface area (Å²) in [7, 11) is 0. The Labute approximate surface area is 160 Å². The molecule has 2 amide bonds. The highest BCUT2D eigenvalue weighted by molar-refractivity contribution is 5.94. The molecular formula is C20H29N5O2. The summed E-state index contributed by atoms with van der Waals surface area (Å²) in [4.78, 5) is 32.9. The van der Waals surface area contributed by atoms with E-state index < -0.39 is 0 Å². The zero-order valence-corrected chi connectivity index (χ0v) is 15.8. The zero-order valence-electron chi connectivity index (χ0n) is 15.8. The maximum atomic E-state index is 12.7. The number of amides is 2. The summed E-state index contributed by atoms with van der Waals surface area (Å²) >= 11 is 0. The van der Waals surface area contributed by atoms with Crippen LogP contribution >= 0.6 is 0 Å². The normalized spacial score (nSPS) is 23.9. The molecule has 0 aromatic carbocycles. The summed E-state index contributed by atoms with van der Waals surface area (Å²) in [6.07, 6.45) is 6.41. The molecule has 27 heavy (non-hydrogen) atoms. The maximum Gasteiger partial charge on any atom is 0.255 e. The monoisotopic (exact) mass is 371 g/mol. The molecule has 0 spiro atoms. The lowest BCUT2D eigenvalue weighted by Gasteiger charge is -2.34. The van der Waals surface area contributed by atoms with Gasteiger partial charge in [-0.25, -0.2) is 4.98 Å². The number of anilines is 1. The van der Waals surface area contributed by atoms with E-state index in [-0.39, 0.29) is 5.91 Å². The van der Waals surface area contributed by atoms with Gasteiger partial charge in [-0.05, 0) is 50.3 Å². The number of nitrogens with zero attached hydrogens (tertiary/aromatic N) is 3. The smallest absolute Gasteiger partial charge is 0.255 e. The van der Waals surface area contributed by atoms with E-state index in [0.29, 0.717) is 29.9 Å². The van der Waals surface area contributed by atoms with Gasteiger partial charge in [-0.3, -0.25) is 9.59 Å². The number of carbonyl (C=O) groups excluding carboxylic acids is 2. The van der Waals surface area contributed by atoms with Crippen molar-refractivity contribution < 1.29 is 9.59 Å². The number of pyridine rings is 1. The highest BCUT2D eigenvalue weighted by Crippen LogP contribution is 2.22. The molecule has 4 heterocycles. The van der Waals surface area contributed by atoms with Crippen LogP contribution < -0.4 is 10.6 Å². The zero-order chi connectivity index (χ0) is 18.6. The Morgan fingerprint density at radius 1 is 1.22 bits per heavy atom.